The Kier molecular flexibility index (Phi) is 5.80. The molecule has 1 aromatic rings. The first-order valence-electron chi connectivity index (χ1n) is 7.45. The first kappa shape index (κ1) is 15.3. The van der Waals surface area contributed by atoms with Crippen molar-refractivity contribution >= 4 is 0 Å². The van der Waals surface area contributed by atoms with Gasteiger partial charge in [-0.05, 0) is 49.9 Å². The molecular weight excluding hydrogens is 257 g/mol. The van der Waals surface area contributed by atoms with Crippen LogP contribution in [0.1, 0.15) is 32.6 Å². The fourth-order valence-electron chi connectivity index (χ4n) is 2.73. The molecule has 0 heterocycles. The minimum Gasteiger partial charge on any atom is -0.491 e. The summed E-state index contributed by atoms with van der Waals surface area (Å²) in [6, 6.07) is 6.27. The summed E-state index contributed by atoms with van der Waals surface area (Å²) in [5, 5.41) is 13.3. The second-order valence-corrected chi connectivity index (χ2v) is 5.66. The van der Waals surface area contributed by atoms with Gasteiger partial charge in [0.25, 0.3) is 0 Å². The Balaban J connectivity index is 1.64. The summed E-state index contributed by atoms with van der Waals surface area (Å²) >= 11 is 0. The van der Waals surface area contributed by atoms with Crippen LogP contribution >= 0.6 is 0 Å². The first-order valence-corrected chi connectivity index (χ1v) is 7.45. The van der Waals surface area contributed by atoms with E-state index in [4.69, 9.17) is 4.74 Å². The number of hydrogen-bond acceptors (Lipinski definition) is 3. The molecular formula is C16H24FNO2. The van der Waals surface area contributed by atoms with Crippen molar-refractivity contribution in [2.75, 3.05) is 13.2 Å². The molecule has 2 atom stereocenters. The van der Waals surface area contributed by atoms with Gasteiger partial charge in [0.1, 0.15) is 24.3 Å². The van der Waals surface area contributed by atoms with Gasteiger partial charge in [-0.2, -0.15) is 0 Å². The normalized spacial score (nSPS) is 18.9. The van der Waals surface area contributed by atoms with Crippen LogP contribution in [0.15, 0.2) is 24.3 Å². The van der Waals surface area contributed by atoms with Crippen molar-refractivity contribution < 1.29 is 14.2 Å². The Bertz CT molecular complexity index is 390. The van der Waals surface area contributed by atoms with Crippen molar-refractivity contribution in [2.24, 2.45) is 5.92 Å². The maximum Gasteiger partial charge on any atom is 0.123 e. The standard InChI is InChI=1S/C16H24FNO2/c1-12(13-4-2-3-5-13)18-10-15(19)11-20-16-8-6-14(17)7-9-16/h6-9,12-13,15,18-19H,2-5,10-11H2,1H3/t12-,15?/m0/s1. The second kappa shape index (κ2) is 7.60. The summed E-state index contributed by atoms with van der Waals surface area (Å²) in [6.07, 6.45) is 4.68. The molecule has 0 amide bonds. The van der Waals surface area contributed by atoms with Crippen molar-refractivity contribution in [3.05, 3.63) is 30.1 Å². The summed E-state index contributed by atoms with van der Waals surface area (Å²) in [5.41, 5.74) is 0. The molecule has 0 bridgehead atoms. The van der Waals surface area contributed by atoms with Gasteiger partial charge in [0, 0.05) is 12.6 Å². The lowest BCUT2D eigenvalue weighted by Crippen LogP contribution is -2.39. The summed E-state index contributed by atoms with van der Waals surface area (Å²) in [6.45, 7) is 2.93. The Hall–Kier alpha value is -1.13. The Labute approximate surface area is 120 Å². The van der Waals surface area contributed by atoms with Crippen LogP contribution in [0.2, 0.25) is 0 Å². The van der Waals surface area contributed by atoms with E-state index in [1.807, 2.05) is 0 Å². The number of aliphatic hydroxyl groups excluding tert-OH is 1. The summed E-state index contributed by atoms with van der Waals surface area (Å²) in [5.74, 6) is 1.03. The van der Waals surface area contributed by atoms with Crippen LogP contribution < -0.4 is 10.1 Å². The Morgan fingerprint density at radius 2 is 1.95 bits per heavy atom. The highest BCUT2D eigenvalue weighted by Crippen LogP contribution is 2.27. The topological polar surface area (TPSA) is 41.5 Å². The average Bonchev–Trinajstić information content (AvgIpc) is 2.98. The summed E-state index contributed by atoms with van der Waals surface area (Å²) in [7, 11) is 0. The van der Waals surface area contributed by atoms with Gasteiger partial charge in [-0.3, -0.25) is 0 Å². The van der Waals surface area contributed by atoms with E-state index in [2.05, 4.69) is 12.2 Å². The third-order valence-corrected chi connectivity index (χ3v) is 4.04. The molecule has 1 aromatic carbocycles. The maximum absolute atomic E-state index is 12.7. The largest absolute Gasteiger partial charge is 0.491 e. The van der Waals surface area contributed by atoms with Crippen LogP contribution in [0.25, 0.3) is 0 Å². The van der Waals surface area contributed by atoms with Crippen LogP contribution in [0.5, 0.6) is 5.75 Å². The molecule has 0 aromatic heterocycles. The van der Waals surface area contributed by atoms with Crippen LogP contribution in [0, 0.1) is 11.7 Å². The minimum atomic E-state index is -0.552. The van der Waals surface area contributed by atoms with Crippen LogP contribution in [-0.4, -0.2) is 30.4 Å². The van der Waals surface area contributed by atoms with Gasteiger partial charge in [0.05, 0.1) is 0 Å². The molecule has 0 aliphatic heterocycles. The maximum atomic E-state index is 12.7. The molecule has 2 N–H and O–H groups in total. The van der Waals surface area contributed by atoms with Crippen LogP contribution in [-0.2, 0) is 0 Å². The highest BCUT2D eigenvalue weighted by molar-refractivity contribution is 5.22. The molecule has 0 spiro atoms. The molecule has 1 fully saturated rings. The quantitative estimate of drug-likeness (QED) is 0.807. The highest BCUT2D eigenvalue weighted by Gasteiger charge is 2.21. The number of hydrogen-bond donors (Lipinski definition) is 2. The molecule has 1 aliphatic carbocycles. The zero-order valence-electron chi connectivity index (χ0n) is 12.0. The average molecular weight is 281 g/mol. The molecule has 4 heteroatoms. The lowest BCUT2D eigenvalue weighted by molar-refractivity contribution is 0.102. The van der Waals surface area contributed by atoms with E-state index in [1.165, 1.54) is 37.8 Å². The first-order chi connectivity index (χ1) is 9.65. The number of aliphatic hydroxyl groups is 1. The number of rotatable bonds is 7. The predicted octanol–water partition coefficient (Wildman–Crippen LogP) is 2.73. The van der Waals surface area contributed by atoms with Crippen molar-refractivity contribution in [3.63, 3.8) is 0 Å². The number of halogens is 1. The van der Waals surface area contributed by atoms with E-state index >= 15 is 0 Å². The highest BCUT2D eigenvalue weighted by atomic mass is 19.1. The fourth-order valence-corrected chi connectivity index (χ4v) is 2.73. The lowest BCUT2D eigenvalue weighted by atomic mass is 10.00. The number of ether oxygens (including phenoxy) is 1. The molecule has 0 saturated heterocycles. The van der Waals surface area contributed by atoms with Gasteiger partial charge in [0.2, 0.25) is 0 Å². The van der Waals surface area contributed by atoms with E-state index in [-0.39, 0.29) is 12.4 Å². The summed E-state index contributed by atoms with van der Waals surface area (Å²) < 4.78 is 18.2. The Morgan fingerprint density at radius 3 is 2.60 bits per heavy atom. The van der Waals surface area contributed by atoms with Crippen molar-refractivity contribution in [3.8, 4) is 5.75 Å². The van der Waals surface area contributed by atoms with E-state index < -0.39 is 6.10 Å². The Morgan fingerprint density at radius 1 is 1.30 bits per heavy atom. The SMILES string of the molecule is C[C@H](NCC(O)COc1ccc(F)cc1)C1CCCC1. The van der Waals surface area contributed by atoms with E-state index in [0.717, 1.165) is 5.92 Å². The van der Waals surface area contributed by atoms with Crippen molar-refractivity contribution in [2.45, 2.75) is 44.8 Å². The van der Waals surface area contributed by atoms with Gasteiger partial charge >= 0.3 is 0 Å². The van der Waals surface area contributed by atoms with Gasteiger partial charge in [0.15, 0.2) is 0 Å². The van der Waals surface area contributed by atoms with E-state index in [9.17, 15) is 9.50 Å². The van der Waals surface area contributed by atoms with Gasteiger partial charge < -0.3 is 15.2 Å². The van der Waals surface area contributed by atoms with Crippen LogP contribution in [0.4, 0.5) is 4.39 Å². The van der Waals surface area contributed by atoms with E-state index in [0.29, 0.717) is 18.3 Å². The monoisotopic (exact) mass is 281 g/mol. The third-order valence-electron chi connectivity index (χ3n) is 4.04. The molecule has 2 rings (SSSR count). The molecule has 1 saturated carbocycles. The fraction of sp³-hybridized carbons (Fsp3) is 0.625. The second-order valence-electron chi connectivity index (χ2n) is 5.66. The summed E-state index contributed by atoms with van der Waals surface area (Å²) in [4.78, 5) is 0. The molecule has 1 unspecified atom stereocenters. The van der Waals surface area contributed by atoms with Crippen LogP contribution in [0.3, 0.4) is 0 Å². The van der Waals surface area contributed by atoms with Gasteiger partial charge in [-0.15, -0.1) is 0 Å². The lowest BCUT2D eigenvalue weighted by Gasteiger charge is -2.22. The predicted molar refractivity (Wildman–Crippen MR) is 77.3 cm³/mol. The van der Waals surface area contributed by atoms with E-state index in [1.54, 1.807) is 12.1 Å². The molecule has 0 radical (unpaired) electrons. The van der Waals surface area contributed by atoms with Gasteiger partial charge in [-0.25, -0.2) is 4.39 Å². The zero-order valence-corrected chi connectivity index (χ0v) is 12.0. The zero-order chi connectivity index (χ0) is 14.4. The smallest absolute Gasteiger partial charge is 0.123 e. The van der Waals surface area contributed by atoms with Gasteiger partial charge in [-0.1, -0.05) is 12.8 Å². The van der Waals surface area contributed by atoms with Crippen molar-refractivity contribution in [1.82, 2.24) is 5.32 Å². The molecule has 20 heavy (non-hydrogen) atoms. The molecule has 112 valence electrons. The molecule has 3 nitrogen and oxygen atoms in total. The minimum absolute atomic E-state index is 0.218. The number of nitrogens with one attached hydrogen (secondary N) is 1. The molecule has 1 aliphatic rings. The van der Waals surface area contributed by atoms with Crippen molar-refractivity contribution in [1.29, 1.82) is 0 Å². The third kappa shape index (κ3) is 4.76. The number of benzene rings is 1.